The Hall–Kier alpha value is -2.02. The van der Waals surface area contributed by atoms with Crippen LogP contribution in [0.3, 0.4) is 0 Å². The molecule has 26 heavy (non-hydrogen) atoms. The summed E-state index contributed by atoms with van der Waals surface area (Å²) in [7, 11) is 0. The van der Waals surface area contributed by atoms with Gasteiger partial charge < -0.3 is 14.9 Å². The van der Waals surface area contributed by atoms with Crippen LogP contribution >= 0.6 is 0 Å². The maximum absolute atomic E-state index is 13.4. The number of β-amino-alcohol motifs (C(OH)–C–C–N with tert-alkyl or cyclic N) is 1. The van der Waals surface area contributed by atoms with Crippen molar-refractivity contribution in [1.29, 1.82) is 0 Å². The average Bonchev–Trinajstić information content (AvgIpc) is 2.62. The average molecular weight is 366 g/mol. The van der Waals surface area contributed by atoms with E-state index in [-0.39, 0.29) is 30.3 Å². The van der Waals surface area contributed by atoms with Crippen LogP contribution in [0.25, 0.3) is 0 Å². The Morgan fingerprint density at radius 3 is 2.73 bits per heavy atom. The van der Waals surface area contributed by atoms with E-state index in [1.807, 2.05) is 0 Å². The van der Waals surface area contributed by atoms with Gasteiger partial charge in [0.15, 0.2) is 11.6 Å². The highest BCUT2D eigenvalue weighted by molar-refractivity contribution is 5.79. The Kier molecular flexibility index (Phi) is 5.55. The summed E-state index contributed by atoms with van der Waals surface area (Å²) < 4.78 is 26.4. The minimum absolute atomic E-state index is 0.0343. The first kappa shape index (κ1) is 18.8. The number of piperidine rings is 2. The van der Waals surface area contributed by atoms with E-state index in [2.05, 4.69) is 0 Å². The third-order valence-corrected chi connectivity index (χ3v) is 5.47. The van der Waals surface area contributed by atoms with Crippen molar-refractivity contribution in [3.8, 4) is 0 Å². The number of amides is 2. The van der Waals surface area contributed by atoms with Crippen LogP contribution in [0.2, 0.25) is 0 Å². The summed E-state index contributed by atoms with van der Waals surface area (Å²) in [5, 5.41) is 9.15. The molecule has 1 atom stereocenters. The highest BCUT2D eigenvalue weighted by atomic mass is 19.2. The molecule has 0 bridgehead atoms. The van der Waals surface area contributed by atoms with E-state index in [4.69, 9.17) is 5.11 Å². The molecule has 2 saturated heterocycles. The molecular weight excluding hydrogens is 342 g/mol. The number of carbonyl (C=O) groups excluding carboxylic acids is 2. The number of rotatable bonds is 4. The molecule has 1 aromatic carbocycles. The zero-order chi connectivity index (χ0) is 18.7. The number of hydrogen-bond donors (Lipinski definition) is 1. The molecule has 0 saturated carbocycles. The summed E-state index contributed by atoms with van der Waals surface area (Å²) in [5.41, 5.74) is 0.319. The van der Waals surface area contributed by atoms with Crippen LogP contribution in [-0.4, -0.2) is 59.5 Å². The molecule has 142 valence electrons. The summed E-state index contributed by atoms with van der Waals surface area (Å²) in [6, 6.07) is 3.53. The van der Waals surface area contributed by atoms with Crippen molar-refractivity contribution >= 4 is 11.8 Å². The Bertz CT molecular complexity index is 697. The number of halogens is 2. The molecule has 0 aromatic heterocycles. The molecule has 1 aromatic rings. The van der Waals surface area contributed by atoms with Crippen LogP contribution in [0, 0.1) is 17.0 Å². The molecule has 3 rings (SSSR count). The lowest BCUT2D eigenvalue weighted by molar-refractivity contribution is -0.143. The van der Waals surface area contributed by atoms with E-state index in [1.165, 1.54) is 6.07 Å². The van der Waals surface area contributed by atoms with Gasteiger partial charge in [-0.1, -0.05) is 6.07 Å². The maximum Gasteiger partial charge on any atom is 0.227 e. The Morgan fingerprint density at radius 2 is 2.00 bits per heavy atom. The second kappa shape index (κ2) is 7.70. The number of aliphatic hydroxyl groups excluding tert-OH is 1. The third-order valence-electron chi connectivity index (χ3n) is 5.47. The fraction of sp³-hybridized carbons (Fsp3) is 0.579. The molecule has 0 radical (unpaired) electrons. The fourth-order valence-corrected chi connectivity index (χ4v) is 4.12. The monoisotopic (exact) mass is 366 g/mol. The topological polar surface area (TPSA) is 60.9 Å². The van der Waals surface area contributed by atoms with Crippen molar-refractivity contribution in [1.82, 2.24) is 9.80 Å². The van der Waals surface area contributed by atoms with E-state index in [0.717, 1.165) is 31.4 Å². The van der Waals surface area contributed by atoms with Gasteiger partial charge >= 0.3 is 0 Å². The van der Waals surface area contributed by atoms with Crippen LogP contribution in [-0.2, 0) is 16.0 Å². The van der Waals surface area contributed by atoms with Crippen molar-refractivity contribution in [2.75, 3.05) is 32.8 Å². The van der Waals surface area contributed by atoms with E-state index < -0.39 is 11.6 Å². The largest absolute Gasteiger partial charge is 0.395 e. The van der Waals surface area contributed by atoms with Crippen LogP contribution in [0.4, 0.5) is 8.78 Å². The SMILES string of the molecule is O=C1CCC2(CCCN(C(=O)Cc3ccc(F)c(F)c3)C2)CN1CCO. The van der Waals surface area contributed by atoms with Crippen molar-refractivity contribution in [2.24, 2.45) is 5.41 Å². The van der Waals surface area contributed by atoms with Crippen LogP contribution in [0.5, 0.6) is 0 Å². The Labute approximate surface area is 151 Å². The van der Waals surface area contributed by atoms with E-state index >= 15 is 0 Å². The standard InChI is InChI=1S/C19H24F2N2O3/c20-15-3-2-14(10-16(15)21)11-18(26)22-7-1-5-19(12-22)6-4-17(25)23(13-19)8-9-24/h2-3,10,24H,1,4-9,11-13H2. The summed E-state index contributed by atoms with van der Waals surface area (Å²) in [6.45, 7) is 2.01. The number of likely N-dealkylation sites (tertiary alicyclic amines) is 2. The predicted molar refractivity (Wildman–Crippen MR) is 91.2 cm³/mol. The first-order chi connectivity index (χ1) is 12.4. The van der Waals surface area contributed by atoms with Gasteiger partial charge in [0.2, 0.25) is 11.8 Å². The lowest BCUT2D eigenvalue weighted by Crippen LogP contribution is -2.55. The minimum Gasteiger partial charge on any atom is -0.395 e. The van der Waals surface area contributed by atoms with Crippen molar-refractivity contribution in [3.63, 3.8) is 0 Å². The molecule has 0 aliphatic carbocycles. The van der Waals surface area contributed by atoms with Gasteiger partial charge in [-0.25, -0.2) is 8.78 Å². The number of aliphatic hydroxyl groups is 1. The second-order valence-corrected chi connectivity index (χ2v) is 7.38. The van der Waals surface area contributed by atoms with Gasteiger partial charge in [-0.15, -0.1) is 0 Å². The van der Waals surface area contributed by atoms with Gasteiger partial charge in [-0.05, 0) is 37.0 Å². The van der Waals surface area contributed by atoms with E-state index in [9.17, 15) is 18.4 Å². The molecule has 7 heteroatoms. The highest BCUT2D eigenvalue weighted by Crippen LogP contribution is 2.39. The smallest absolute Gasteiger partial charge is 0.227 e. The highest BCUT2D eigenvalue weighted by Gasteiger charge is 2.42. The normalized spacial score (nSPS) is 23.6. The summed E-state index contributed by atoms with van der Waals surface area (Å²) in [6.07, 6.45) is 3.00. The number of benzene rings is 1. The van der Waals surface area contributed by atoms with Gasteiger partial charge in [-0.2, -0.15) is 0 Å². The molecule has 1 unspecified atom stereocenters. The molecule has 1 N–H and O–H groups in total. The first-order valence-electron chi connectivity index (χ1n) is 9.03. The lowest BCUT2D eigenvalue weighted by Gasteiger charge is -2.48. The number of nitrogens with zero attached hydrogens (tertiary/aromatic N) is 2. The molecule has 2 fully saturated rings. The number of carbonyl (C=O) groups is 2. The summed E-state index contributed by atoms with van der Waals surface area (Å²) in [5.74, 6) is -1.93. The second-order valence-electron chi connectivity index (χ2n) is 7.38. The minimum atomic E-state index is -0.948. The third kappa shape index (κ3) is 4.03. The van der Waals surface area contributed by atoms with Crippen LogP contribution in [0.15, 0.2) is 18.2 Å². The molecular formula is C19H24F2N2O3. The van der Waals surface area contributed by atoms with E-state index in [1.54, 1.807) is 9.80 Å². The van der Waals surface area contributed by atoms with Crippen LogP contribution < -0.4 is 0 Å². The molecule has 2 aliphatic rings. The van der Waals surface area contributed by atoms with Gasteiger partial charge in [0, 0.05) is 38.0 Å². The quantitative estimate of drug-likeness (QED) is 0.883. The van der Waals surface area contributed by atoms with Gasteiger partial charge in [-0.3, -0.25) is 9.59 Å². The van der Waals surface area contributed by atoms with Crippen LogP contribution in [0.1, 0.15) is 31.2 Å². The Morgan fingerprint density at radius 1 is 1.19 bits per heavy atom. The number of hydrogen-bond acceptors (Lipinski definition) is 3. The summed E-state index contributed by atoms with van der Waals surface area (Å²) >= 11 is 0. The Balaban J connectivity index is 1.66. The first-order valence-corrected chi connectivity index (χ1v) is 9.03. The van der Waals surface area contributed by atoms with E-state index in [0.29, 0.717) is 38.2 Å². The zero-order valence-corrected chi connectivity index (χ0v) is 14.7. The molecule has 1 spiro atoms. The van der Waals surface area contributed by atoms with Gasteiger partial charge in [0.05, 0.1) is 13.0 Å². The molecule has 2 amide bonds. The molecule has 2 heterocycles. The summed E-state index contributed by atoms with van der Waals surface area (Å²) in [4.78, 5) is 28.1. The maximum atomic E-state index is 13.4. The van der Waals surface area contributed by atoms with Crippen molar-refractivity contribution < 1.29 is 23.5 Å². The fourth-order valence-electron chi connectivity index (χ4n) is 4.12. The van der Waals surface area contributed by atoms with Crippen molar-refractivity contribution in [3.05, 3.63) is 35.4 Å². The zero-order valence-electron chi connectivity index (χ0n) is 14.7. The lowest BCUT2D eigenvalue weighted by atomic mass is 9.73. The molecule has 5 nitrogen and oxygen atoms in total. The van der Waals surface area contributed by atoms with Gasteiger partial charge in [0.1, 0.15) is 0 Å². The van der Waals surface area contributed by atoms with Gasteiger partial charge in [0.25, 0.3) is 0 Å². The van der Waals surface area contributed by atoms with Crippen molar-refractivity contribution in [2.45, 2.75) is 32.1 Å². The predicted octanol–water partition coefficient (Wildman–Crippen LogP) is 1.73. The molecule has 2 aliphatic heterocycles.